The van der Waals surface area contributed by atoms with Crippen LogP contribution in [0.15, 0.2) is 77.7 Å². The molecule has 0 spiro atoms. The van der Waals surface area contributed by atoms with Crippen LogP contribution >= 0.6 is 0 Å². The Kier molecular flexibility index (Phi) is 5.74. The first-order valence-corrected chi connectivity index (χ1v) is 9.45. The van der Waals surface area contributed by atoms with Crippen LogP contribution in [-0.2, 0) is 11.3 Å². The van der Waals surface area contributed by atoms with E-state index in [1.807, 2.05) is 61.5 Å². The summed E-state index contributed by atoms with van der Waals surface area (Å²) in [6.07, 6.45) is 2.73. The normalized spacial score (nSPS) is 22.1. The summed E-state index contributed by atoms with van der Waals surface area (Å²) >= 11 is 0. The van der Waals surface area contributed by atoms with Gasteiger partial charge in [-0.05, 0) is 30.2 Å². The molecule has 5 nitrogen and oxygen atoms in total. The Bertz CT molecular complexity index is 1000. The molecule has 1 fully saturated rings. The average molecular weight is 386 g/mol. The zero-order valence-corrected chi connectivity index (χ0v) is 17.4. The van der Waals surface area contributed by atoms with Crippen molar-refractivity contribution in [1.29, 1.82) is 5.26 Å². The van der Waals surface area contributed by atoms with Crippen molar-refractivity contribution in [3.05, 3.63) is 89.3 Å². The van der Waals surface area contributed by atoms with Gasteiger partial charge in [0.1, 0.15) is 7.11 Å². The Morgan fingerprint density at radius 2 is 1.79 bits per heavy atom. The second-order valence-corrected chi connectivity index (χ2v) is 7.33. The minimum absolute atomic E-state index is 0.389. The van der Waals surface area contributed by atoms with Crippen molar-refractivity contribution in [3.8, 4) is 6.07 Å². The molecule has 0 amide bonds. The summed E-state index contributed by atoms with van der Waals surface area (Å²) in [5, 5.41) is 13.8. The molecule has 2 aromatic rings. The van der Waals surface area contributed by atoms with Crippen molar-refractivity contribution < 1.29 is 4.84 Å². The lowest BCUT2D eigenvalue weighted by Crippen LogP contribution is -2.59. The summed E-state index contributed by atoms with van der Waals surface area (Å²) in [5.74, 6) is 0.688. The van der Waals surface area contributed by atoms with Gasteiger partial charge < -0.3 is 14.6 Å². The number of hydrogen-bond donors (Lipinski definition) is 0. The molecule has 148 valence electrons. The van der Waals surface area contributed by atoms with E-state index in [0.717, 1.165) is 23.4 Å². The van der Waals surface area contributed by atoms with E-state index in [4.69, 9.17) is 4.84 Å². The predicted octanol–water partition coefficient (Wildman–Crippen LogP) is 4.25. The summed E-state index contributed by atoms with van der Waals surface area (Å²) in [7, 11) is 5.52. The van der Waals surface area contributed by atoms with Gasteiger partial charge in [-0.15, -0.1) is 0 Å². The number of nitrogens with zero attached hydrogens (tertiary/aromatic N) is 4. The van der Waals surface area contributed by atoms with Crippen LogP contribution in [0.4, 0.5) is 0 Å². The Morgan fingerprint density at radius 1 is 1.14 bits per heavy atom. The maximum Gasteiger partial charge on any atom is 0.192 e. The van der Waals surface area contributed by atoms with Crippen molar-refractivity contribution in [2.24, 2.45) is 5.16 Å². The minimum atomic E-state index is -0.389. The predicted molar refractivity (Wildman–Crippen MR) is 117 cm³/mol. The summed E-state index contributed by atoms with van der Waals surface area (Å²) in [5.41, 5.74) is 4.03. The molecule has 0 bridgehead atoms. The van der Waals surface area contributed by atoms with Crippen molar-refractivity contribution in [3.63, 3.8) is 0 Å². The number of nitriles is 1. The molecule has 5 heteroatoms. The Labute approximate surface area is 172 Å². The second kappa shape index (κ2) is 8.24. The molecule has 0 aliphatic carbocycles. The number of hydrogen-bond acceptors (Lipinski definition) is 4. The molecule has 3 rings (SSSR count). The van der Waals surface area contributed by atoms with Gasteiger partial charge in [-0.3, -0.25) is 0 Å². The molecule has 0 saturated carbocycles. The maximum atomic E-state index is 9.46. The van der Waals surface area contributed by atoms with Crippen molar-refractivity contribution in [2.45, 2.75) is 18.9 Å². The monoisotopic (exact) mass is 386 g/mol. The summed E-state index contributed by atoms with van der Waals surface area (Å²) in [6.45, 7) is 6.56. The van der Waals surface area contributed by atoms with Crippen molar-refractivity contribution in [1.82, 2.24) is 9.80 Å². The average Bonchev–Trinajstić information content (AvgIpc) is 2.74. The van der Waals surface area contributed by atoms with Gasteiger partial charge in [-0.25, -0.2) is 0 Å². The number of rotatable bonds is 4. The highest BCUT2D eigenvalue weighted by molar-refractivity contribution is 6.03. The van der Waals surface area contributed by atoms with Gasteiger partial charge in [-0.2, -0.15) is 5.26 Å². The zero-order valence-electron chi connectivity index (χ0n) is 17.4. The number of benzene rings is 2. The third-order valence-corrected chi connectivity index (χ3v) is 5.62. The van der Waals surface area contributed by atoms with Crippen LogP contribution in [0.25, 0.3) is 6.08 Å². The molecule has 0 radical (unpaired) electrons. The molecule has 1 unspecified atom stereocenters. The van der Waals surface area contributed by atoms with Crippen LogP contribution in [0.1, 0.15) is 23.6 Å². The molecule has 1 aliphatic rings. The molecule has 29 heavy (non-hydrogen) atoms. The number of amidine groups is 1. The van der Waals surface area contributed by atoms with Gasteiger partial charge in [0.05, 0.1) is 22.9 Å². The molecule has 1 heterocycles. The van der Waals surface area contributed by atoms with E-state index in [-0.39, 0.29) is 5.54 Å². The standard InChI is InChI=1S/C24H26N4O/c1-18-24(2,16-19-11-7-6-8-12-19)28(4)23(26-29-5)22(27(18)3)15-20-13-9-10-14-21(20)17-25/h6-15H,1,16H2,2-5H3/b22-15-,26-23-. The van der Waals surface area contributed by atoms with Crippen LogP contribution in [0.3, 0.4) is 0 Å². The lowest BCUT2D eigenvalue weighted by Gasteiger charge is -2.50. The highest BCUT2D eigenvalue weighted by atomic mass is 16.6. The van der Waals surface area contributed by atoms with E-state index < -0.39 is 0 Å². The van der Waals surface area contributed by atoms with E-state index in [0.29, 0.717) is 11.4 Å². The van der Waals surface area contributed by atoms with Crippen LogP contribution in [0, 0.1) is 11.3 Å². The topological polar surface area (TPSA) is 51.9 Å². The van der Waals surface area contributed by atoms with Crippen molar-refractivity contribution >= 4 is 11.9 Å². The molecular weight excluding hydrogens is 360 g/mol. The van der Waals surface area contributed by atoms with Gasteiger partial charge in [0, 0.05) is 26.2 Å². The molecular formula is C24H26N4O. The van der Waals surface area contributed by atoms with Crippen LogP contribution in [0.2, 0.25) is 0 Å². The number of piperazine rings is 1. The quantitative estimate of drug-likeness (QED) is 0.737. The fourth-order valence-corrected chi connectivity index (χ4v) is 3.70. The van der Waals surface area contributed by atoms with E-state index in [9.17, 15) is 5.26 Å². The number of likely N-dealkylation sites (N-methyl/N-ethyl adjacent to an activating group) is 2. The first kappa shape index (κ1) is 20.2. The maximum absolute atomic E-state index is 9.46. The van der Waals surface area contributed by atoms with Crippen molar-refractivity contribution in [2.75, 3.05) is 21.2 Å². The van der Waals surface area contributed by atoms with Crippen LogP contribution in [0.5, 0.6) is 0 Å². The Morgan fingerprint density at radius 3 is 2.45 bits per heavy atom. The molecule has 1 atom stereocenters. The van der Waals surface area contributed by atoms with Gasteiger partial charge in [0.2, 0.25) is 0 Å². The highest BCUT2D eigenvalue weighted by Crippen LogP contribution is 2.37. The fraction of sp³-hybridized carbons (Fsp3) is 0.250. The molecule has 1 aliphatic heterocycles. The molecule has 1 saturated heterocycles. The fourth-order valence-electron chi connectivity index (χ4n) is 3.70. The van der Waals surface area contributed by atoms with Gasteiger partial charge in [0.15, 0.2) is 5.84 Å². The largest absolute Gasteiger partial charge is 0.397 e. The third kappa shape index (κ3) is 3.74. The number of oxime groups is 1. The third-order valence-electron chi connectivity index (χ3n) is 5.62. The van der Waals surface area contributed by atoms with E-state index in [1.165, 1.54) is 5.56 Å². The lowest BCUT2D eigenvalue weighted by atomic mass is 9.84. The minimum Gasteiger partial charge on any atom is -0.397 e. The summed E-state index contributed by atoms with van der Waals surface area (Å²) in [6, 6.07) is 20.1. The second-order valence-electron chi connectivity index (χ2n) is 7.33. The van der Waals surface area contributed by atoms with Crippen LogP contribution in [-0.4, -0.2) is 42.4 Å². The SMILES string of the molecule is C=C1N(C)C(=C\c2ccccc2C#N)/C(=N/OC)N(C)C1(C)Cc1ccccc1. The summed E-state index contributed by atoms with van der Waals surface area (Å²) < 4.78 is 0. The first-order chi connectivity index (χ1) is 13.9. The van der Waals surface area contributed by atoms with Gasteiger partial charge in [-0.1, -0.05) is 60.3 Å². The van der Waals surface area contributed by atoms with E-state index in [2.05, 4.69) is 41.8 Å². The van der Waals surface area contributed by atoms with Gasteiger partial charge >= 0.3 is 0 Å². The Balaban J connectivity index is 2.09. The molecule has 2 aromatic carbocycles. The Hall–Kier alpha value is -3.52. The highest BCUT2D eigenvalue weighted by Gasteiger charge is 2.43. The molecule has 0 N–H and O–H groups in total. The van der Waals surface area contributed by atoms with E-state index in [1.54, 1.807) is 13.2 Å². The smallest absolute Gasteiger partial charge is 0.192 e. The van der Waals surface area contributed by atoms with Gasteiger partial charge in [0.25, 0.3) is 0 Å². The zero-order chi connectivity index (χ0) is 21.0. The molecule has 0 aromatic heterocycles. The summed E-state index contributed by atoms with van der Waals surface area (Å²) in [4.78, 5) is 9.33. The first-order valence-electron chi connectivity index (χ1n) is 9.45. The lowest BCUT2D eigenvalue weighted by molar-refractivity contribution is 0.170. The van der Waals surface area contributed by atoms with E-state index >= 15 is 0 Å². The van der Waals surface area contributed by atoms with Crippen LogP contribution < -0.4 is 0 Å².